The zero-order valence-corrected chi connectivity index (χ0v) is 14.3. The van der Waals surface area contributed by atoms with Crippen LogP contribution in [0.2, 0.25) is 5.02 Å². The van der Waals surface area contributed by atoms with Crippen LogP contribution in [-0.2, 0) is 11.3 Å². The molecule has 3 aromatic rings. The van der Waals surface area contributed by atoms with Gasteiger partial charge in [-0.05, 0) is 30.7 Å². The van der Waals surface area contributed by atoms with Crippen LogP contribution < -0.4 is 9.47 Å². The lowest BCUT2D eigenvalue weighted by Gasteiger charge is -2.20. The average Bonchev–Trinajstić information content (AvgIpc) is 2.97. The number of furan rings is 1. The van der Waals surface area contributed by atoms with Crippen LogP contribution in [0.1, 0.15) is 21.7 Å². The number of ether oxygens (including phenoxy) is 3. The summed E-state index contributed by atoms with van der Waals surface area (Å²) in [6.07, 6.45) is 0. The first-order chi connectivity index (χ1) is 12.1. The van der Waals surface area contributed by atoms with Gasteiger partial charge in [-0.15, -0.1) is 0 Å². The normalized spacial score (nSPS) is 13.0. The number of fused-ring (bicyclic) bond motifs is 2. The van der Waals surface area contributed by atoms with Gasteiger partial charge in [0, 0.05) is 10.9 Å². The fraction of sp³-hybridized carbons (Fsp3) is 0.211. The molecule has 1 aliphatic rings. The molecule has 6 heteroatoms. The molecule has 4 rings (SSSR count). The number of benzene rings is 2. The Bertz CT molecular complexity index is 960. The molecule has 0 atom stereocenters. The SMILES string of the molecule is Cc1c(C(=O)OCc2cc(Cl)c3c(c2)OCCO3)oc2ccccc12. The van der Waals surface area contributed by atoms with E-state index in [4.69, 9.17) is 30.2 Å². The van der Waals surface area contributed by atoms with Crippen LogP contribution in [-0.4, -0.2) is 19.2 Å². The van der Waals surface area contributed by atoms with Gasteiger partial charge in [0.1, 0.15) is 25.4 Å². The minimum Gasteiger partial charge on any atom is -0.486 e. The molecule has 0 bridgehead atoms. The molecule has 0 fully saturated rings. The molecule has 0 aliphatic carbocycles. The predicted molar refractivity (Wildman–Crippen MR) is 92.5 cm³/mol. The quantitative estimate of drug-likeness (QED) is 0.644. The van der Waals surface area contributed by atoms with E-state index in [0.717, 1.165) is 16.5 Å². The highest BCUT2D eigenvalue weighted by atomic mass is 35.5. The predicted octanol–water partition coefficient (Wildman–Crippen LogP) is 4.52. The second kappa shape index (κ2) is 6.33. The summed E-state index contributed by atoms with van der Waals surface area (Å²) in [5.74, 6) is 0.783. The Labute approximate surface area is 149 Å². The summed E-state index contributed by atoms with van der Waals surface area (Å²) in [4.78, 5) is 12.4. The van der Waals surface area contributed by atoms with Crippen molar-refractivity contribution in [3.8, 4) is 11.5 Å². The summed E-state index contributed by atoms with van der Waals surface area (Å²) in [6.45, 7) is 2.83. The first kappa shape index (κ1) is 15.8. The molecular weight excluding hydrogens is 344 g/mol. The number of rotatable bonds is 3. The lowest BCUT2D eigenvalue weighted by molar-refractivity contribution is 0.0437. The van der Waals surface area contributed by atoms with E-state index in [1.54, 1.807) is 12.1 Å². The molecule has 0 amide bonds. The van der Waals surface area contributed by atoms with Gasteiger partial charge in [0.25, 0.3) is 0 Å². The van der Waals surface area contributed by atoms with Gasteiger partial charge < -0.3 is 18.6 Å². The van der Waals surface area contributed by atoms with Gasteiger partial charge >= 0.3 is 5.97 Å². The lowest BCUT2D eigenvalue weighted by atomic mass is 10.1. The van der Waals surface area contributed by atoms with E-state index in [1.807, 2.05) is 31.2 Å². The van der Waals surface area contributed by atoms with Crippen molar-refractivity contribution >= 4 is 28.5 Å². The highest BCUT2D eigenvalue weighted by Crippen LogP contribution is 2.38. The lowest BCUT2D eigenvalue weighted by Crippen LogP contribution is -2.16. The van der Waals surface area contributed by atoms with Crippen molar-refractivity contribution in [2.24, 2.45) is 0 Å². The number of carbonyl (C=O) groups is 1. The van der Waals surface area contributed by atoms with Gasteiger partial charge in [0.2, 0.25) is 5.76 Å². The first-order valence-corrected chi connectivity index (χ1v) is 8.24. The summed E-state index contributed by atoms with van der Waals surface area (Å²) in [6, 6.07) is 11.0. The van der Waals surface area contributed by atoms with Crippen molar-refractivity contribution in [1.82, 2.24) is 0 Å². The smallest absolute Gasteiger partial charge is 0.374 e. The zero-order chi connectivity index (χ0) is 17.4. The van der Waals surface area contributed by atoms with E-state index in [0.29, 0.717) is 35.3 Å². The van der Waals surface area contributed by atoms with E-state index in [-0.39, 0.29) is 12.4 Å². The Morgan fingerprint density at radius 1 is 1.20 bits per heavy atom. The Hall–Kier alpha value is -2.66. The van der Waals surface area contributed by atoms with E-state index in [2.05, 4.69) is 0 Å². The molecule has 0 saturated carbocycles. The van der Waals surface area contributed by atoms with Gasteiger partial charge in [-0.25, -0.2) is 4.79 Å². The largest absolute Gasteiger partial charge is 0.486 e. The average molecular weight is 359 g/mol. The van der Waals surface area contributed by atoms with Gasteiger partial charge in [0.05, 0.1) is 5.02 Å². The second-order valence-corrected chi connectivity index (χ2v) is 6.14. The Morgan fingerprint density at radius 3 is 2.84 bits per heavy atom. The van der Waals surface area contributed by atoms with E-state index < -0.39 is 5.97 Å². The Balaban J connectivity index is 1.53. The molecular formula is C19H15ClO5. The van der Waals surface area contributed by atoms with Crippen molar-refractivity contribution < 1.29 is 23.4 Å². The van der Waals surface area contributed by atoms with Crippen LogP contribution in [0, 0.1) is 6.92 Å². The van der Waals surface area contributed by atoms with Crippen molar-refractivity contribution in [3.05, 3.63) is 58.3 Å². The fourth-order valence-corrected chi connectivity index (χ4v) is 3.12. The standard InChI is InChI=1S/C19H15ClO5/c1-11-13-4-2-3-5-15(13)25-17(11)19(21)24-10-12-8-14(20)18-16(9-12)22-6-7-23-18/h2-5,8-9H,6-7,10H2,1H3. The molecule has 2 heterocycles. The minimum atomic E-state index is -0.514. The number of para-hydroxylation sites is 1. The third kappa shape index (κ3) is 2.91. The topological polar surface area (TPSA) is 57.9 Å². The summed E-state index contributed by atoms with van der Waals surface area (Å²) < 4.78 is 22.0. The maximum atomic E-state index is 12.4. The third-order valence-electron chi connectivity index (χ3n) is 4.06. The number of esters is 1. The summed E-state index contributed by atoms with van der Waals surface area (Å²) in [5.41, 5.74) is 2.14. The zero-order valence-electron chi connectivity index (χ0n) is 13.5. The number of aryl methyl sites for hydroxylation is 1. The molecule has 128 valence electrons. The molecule has 1 aliphatic heterocycles. The van der Waals surface area contributed by atoms with Crippen LogP contribution in [0.5, 0.6) is 11.5 Å². The molecule has 0 saturated heterocycles. The van der Waals surface area contributed by atoms with Gasteiger partial charge in [-0.2, -0.15) is 0 Å². The maximum Gasteiger partial charge on any atom is 0.374 e. The fourth-order valence-electron chi connectivity index (χ4n) is 2.83. The molecule has 25 heavy (non-hydrogen) atoms. The van der Waals surface area contributed by atoms with Gasteiger partial charge in [-0.3, -0.25) is 0 Å². The first-order valence-electron chi connectivity index (χ1n) is 7.87. The molecule has 5 nitrogen and oxygen atoms in total. The summed E-state index contributed by atoms with van der Waals surface area (Å²) >= 11 is 6.19. The monoisotopic (exact) mass is 358 g/mol. The number of hydrogen-bond donors (Lipinski definition) is 0. The second-order valence-electron chi connectivity index (χ2n) is 5.73. The minimum absolute atomic E-state index is 0.0612. The van der Waals surface area contributed by atoms with Crippen molar-refractivity contribution in [1.29, 1.82) is 0 Å². The Kier molecular flexibility index (Phi) is 4.01. The van der Waals surface area contributed by atoms with Crippen molar-refractivity contribution in [2.75, 3.05) is 13.2 Å². The van der Waals surface area contributed by atoms with E-state index in [9.17, 15) is 4.79 Å². The highest BCUT2D eigenvalue weighted by molar-refractivity contribution is 6.32. The van der Waals surface area contributed by atoms with Crippen LogP contribution in [0.25, 0.3) is 11.0 Å². The summed E-state index contributed by atoms with van der Waals surface area (Å²) in [7, 11) is 0. The van der Waals surface area contributed by atoms with Gasteiger partial charge in [-0.1, -0.05) is 29.8 Å². The van der Waals surface area contributed by atoms with Crippen LogP contribution in [0.4, 0.5) is 0 Å². The molecule has 2 aromatic carbocycles. The van der Waals surface area contributed by atoms with E-state index in [1.165, 1.54) is 0 Å². The molecule has 1 aromatic heterocycles. The van der Waals surface area contributed by atoms with Crippen LogP contribution in [0.15, 0.2) is 40.8 Å². The molecule has 0 radical (unpaired) electrons. The number of halogens is 1. The molecule has 0 N–H and O–H groups in total. The van der Waals surface area contributed by atoms with Crippen molar-refractivity contribution in [3.63, 3.8) is 0 Å². The number of carbonyl (C=O) groups excluding carboxylic acids is 1. The van der Waals surface area contributed by atoms with Crippen molar-refractivity contribution in [2.45, 2.75) is 13.5 Å². The highest BCUT2D eigenvalue weighted by Gasteiger charge is 2.20. The van der Waals surface area contributed by atoms with Crippen LogP contribution in [0.3, 0.4) is 0 Å². The van der Waals surface area contributed by atoms with E-state index >= 15 is 0 Å². The summed E-state index contributed by atoms with van der Waals surface area (Å²) in [5, 5.41) is 1.33. The Morgan fingerprint density at radius 2 is 2.00 bits per heavy atom. The van der Waals surface area contributed by atoms with Gasteiger partial charge in [0.15, 0.2) is 11.5 Å². The third-order valence-corrected chi connectivity index (χ3v) is 4.34. The molecule has 0 unspecified atom stereocenters. The molecule has 0 spiro atoms. The number of hydrogen-bond acceptors (Lipinski definition) is 5. The van der Waals surface area contributed by atoms with Crippen LogP contribution >= 0.6 is 11.6 Å². The maximum absolute atomic E-state index is 12.4.